The first-order chi connectivity index (χ1) is 13.5. The molecule has 8 heteroatoms. The summed E-state index contributed by atoms with van der Waals surface area (Å²) in [4.78, 5) is 13.2. The van der Waals surface area contributed by atoms with Crippen molar-refractivity contribution in [3.05, 3.63) is 52.5 Å². The Labute approximate surface area is 176 Å². The van der Waals surface area contributed by atoms with Crippen LogP contribution in [0.4, 0.5) is 0 Å². The quantitative estimate of drug-likeness (QED) is 0.745. The third kappa shape index (κ3) is 4.07. The van der Waals surface area contributed by atoms with Crippen molar-refractivity contribution in [3.63, 3.8) is 0 Å². The second-order valence-electron chi connectivity index (χ2n) is 7.78. The zero-order valence-electron chi connectivity index (χ0n) is 16.9. The average molecular weight is 438 g/mol. The lowest BCUT2D eigenvalue weighted by atomic mass is 10.0. The van der Waals surface area contributed by atoms with E-state index in [1.165, 1.54) is 26.5 Å². The first-order valence-corrected chi connectivity index (χ1v) is 11.3. The van der Waals surface area contributed by atoms with Gasteiger partial charge in [0.15, 0.2) is 9.84 Å². The third-order valence-electron chi connectivity index (χ3n) is 5.50. The van der Waals surface area contributed by atoms with Crippen LogP contribution in [-0.2, 0) is 9.84 Å². The maximum absolute atomic E-state index is 12.9. The molecule has 0 aromatic heterocycles. The van der Waals surface area contributed by atoms with Gasteiger partial charge in [0.25, 0.3) is 5.91 Å². The maximum Gasteiger partial charge on any atom is 0.255 e. The van der Waals surface area contributed by atoms with Gasteiger partial charge < -0.3 is 14.8 Å². The minimum atomic E-state index is -3.25. The van der Waals surface area contributed by atoms with Crippen molar-refractivity contribution < 1.29 is 22.7 Å². The molecule has 6 nitrogen and oxygen atoms in total. The molecule has 0 aliphatic heterocycles. The summed E-state index contributed by atoms with van der Waals surface area (Å²) in [5.74, 6) is 0.575. The van der Waals surface area contributed by atoms with Gasteiger partial charge in [-0.1, -0.05) is 37.6 Å². The van der Waals surface area contributed by atoms with Gasteiger partial charge in [0.1, 0.15) is 11.5 Å². The minimum absolute atomic E-state index is 0.0692. The number of sulfone groups is 1. The summed E-state index contributed by atoms with van der Waals surface area (Å²) >= 11 is 6.18. The highest BCUT2D eigenvalue weighted by molar-refractivity contribution is 7.90. The number of hydrogen-bond donors (Lipinski definition) is 1. The van der Waals surface area contributed by atoms with E-state index in [-0.39, 0.29) is 28.2 Å². The number of methoxy groups -OCH3 is 2. The van der Waals surface area contributed by atoms with Crippen molar-refractivity contribution in [1.82, 2.24) is 5.32 Å². The summed E-state index contributed by atoms with van der Waals surface area (Å²) in [6, 6.07) is 9.81. The van der Waals surface area contributed by atoms with Crippen LogP contribution in [0.3, 0.4) is 0 Å². The van der Waals surface area contributed by atoms with Crippen molar-refractivity contribution in [2.75, 3.05) is 20.5 Å². The molecule has 1 amide bonds. The van der Waals surface area contributed by atoms with E-state index < -0.39 is 9.84 Å². The fourth-order valence-electron chi connectivity index (χ4n) is 3.71. The molecule has 0 spiro atoms. The molecule has 2 unspecified atom stereocenters. The SMILES string of the molecule is COc1cc(OC)c(C(=O)NC2C(c3ccc(S(C)(=O)=O)cc3)C2(C)C)cc1Cl. The first-order valence-electron chi connectivity index (χ1n) is 9.03. The molecule has 2 aromatic carbocycles. The van der Waals surface area contributed by atoms with Crippen LogP contribution < -0.4 is 14.8 Å². The molecule has 1 N–H and O–H groups in total. The van der Waals surface area contributed by atoms with Gasteiger partial charge in [-0.25, -0.2) is 8.42 Å². The predicted octanol–water partition coefficient (Wildman–Crippen LogP) is 3.68. The van der Waals surface area contributed by atoms with E-state index in [1.54, 1.807) is 30.3 Å². The number of carbonyl (C=O) groups is 1. The molecule has 0 heterocycles. The molecule has 0 radical (unpaired) electrons. The number of carbonyl (C=O) groups excluding carboxylic acids is 1. The Bertz CT molecular complexity index is 1050. The van der Waals surface area contributed by atoms with Crippen LogP contribution >= 0.6 is 11.6 Å². The molecule has 29 heavy (non-hydrogen) atoms. The minimum Gasteiger partial charge on any atom is -0.496 e. The fraction of sp³-hybridized carbons (Fsp3) is 0.381. The maximum atomic E-state index is 12.9. The molecule has 0 bridgehead atoms. The summed E-state index contributed by atoms with van der Waals surface area (Å²) in [6.07, 6.45) is 1.18. The zero-order chi connectivity index (χ0) is 21.6. The monoisotopic (exact) mass is 437 g/mol. The van der Waals surface area contributed by atoms with Crippen LogP contribution in [0.1, 0.15) is 35.7 Å². The third-order valence-corrected chi connectivity index (χ3v) is 6.92. The largest absolute Gasteiger partial charge is 0.496 e. The number of nitrogens with one attached hydrogen (secondary N) is 1. The van der Waals surface area contributed by atoms with Crippen LogP contribution in [0.15, 0.2) is 41.3 Å². The number of rotatable bonds is 6. The second-order valence-corrected chi connectivity index (χ2v) is 10.2. The molecule has 2 aromatic rings. The van der Waals surface area contributed by atoms with Crippen LogP contribution in [0.25, 0.3) is 0 Å². The van der Waals surface area contributed by atoms with Crippen molar-refractivity contribution in [1.29, 1.82) is 0 Å². The van der Waals surface area contributed by atoms with Crippen molar-refractivity contribution >= 4 is 27.3 Å². The van der Waals surface area contributed by atoms with E-state index >= 15 is 0 Å². The Morgan fingerprint density at radius 3 is 2.17 bits per heavy atom. The number of amides is 1. The van der Waals surface area contributed by atoms with E-state index in [4.69, 9.17) is 21.1 Å². The van der Waals surface area contributed by atoms with E-state index in [0.717, 1.165) is 5.56 Å². The van der Waals surface area contributed by atoms with Crippen LogP contribution in [0.2, 0.25) is 5.02 Å². The van der Waals surface area contributed by atoms with E-state index in [9.17, 15) is 13.2 Å². The normalized spacial score (nSPS) is 20.1. The smallest absolute Gasteiger partial charge is 0.255 e. The lowest BCUT2D eigenvalue weighted by Gasteiger charge is -2.13. The topological polar surface area (TPSA) is 81.7 Å². The average Bonchev–Trinajstić information content (AvgIpc) is 3.20. The van der Waals surface area contributed by atoms with Crippen molar-refractivity contribution in [2.45, 2.75) is 30.7 Å². The summed E-state index contributed by atoms with van der Waals surface area (Å²) < 4.78 is 33.8. The standard InChI is InChI=1S/C21H24ClNO5S/c1-21(2)18(12-6-8-13(9-7-12)29(5,25)26)19(21)23-20(24)14-10-15(22)17(28-4)11-16(14)27-3/h6-11,18-19H,1-5H3,(H,23,24). The Hall–Kier alpha value is -2.25. The Morgan fingerprint density at radius 1 is 1.07 bits per heavy atom. The number of ether oxygens (including phenoxy) is 2. The van der Waals surface area contributed by atoms with Gasteiger partial charge in [-0.2, -0.15) is 0 Å². The van der Waals surface area contributed by atoms with Crippen molar-refractivity contribution in [3.8, 4) is 11.5 Å². The summed E-state index contributed by atoms with van der Waals surface area (Å²) in [6.45, 7) is 4.12. The van der Waals surface area contributed by atoms with Crippen LogP contribution in [-0.4, -0.2) is 40.8 Å². The number of hydrogen-bond acceptors (Lipinski definition) is 5. The Morgan fingerprint density at radius 2 is 1.66 bits per heavy atom. The number of halogens is 1. The second kappa shape index (κ2) is 7.54. The fourth-order valence-corrected chi connectivity index (χ4v) is 4.58. The van der Waals surface area contributed by atoms with E-state index in [1.807, 2.05) is 0 Å². The molecular formula is C21H24ClNO5S. The summed E-state index contributed by atoms with van der Waals surface area (Å²) in [7, 11) is -0.274. The van der Waals surface area contributed by atoms with E-state index in [0.29, 0.717) is 22.1 Å². The molecular weight excluding hydrogens is 414 g/mol. The predicted molar refractivity (Wildman–Crippen MR) is 112 cm³/mol. The molecule has 1 aliphatic carbocycles. The van der Waals surface area contributed by atoms with Crippen LogP contribution in [0.5, 0.6) is 11.5 Å². The van der Waals surface area contributed by atoms with Gasteiger partial charge in [0, 0.05) is 24.3 Å². The van der Waals surface area contributed by atoms with Gasteiger partial charge in [-0.3, -0.25) is 4.79 Å². The molecule has 0 saturated heterocycles. The zero-order valence-corrected chi connectivity index (χ0v) is 18.5. The first kappa shape index (κ1) is 21.5. The van der Waals surface area contributed by atoms with Gasteiger partial charge in [0.2, 0.25) is 0 Å². The van der Waals surface area contributed by atoms with Crippen molar-refractivity contribution in [2.24, 2.45) is 5.41 Å². The Kier molecular flexibility index (Phi) is 5.58. The highest BCUT2D eigenvalue weighted by Crippen LogP contribution is 2.58. The van der Waals surface area contributed by atoms with Gasteiger partial charge in [0.05, 0.1) is 29.7 Å². The molecule has 156 valence electrons. The molecule has 1 saturated carbocycles. The van der Waals surface area contributed by atoms with Crippen LogP contribution in [0, 0.1) is 5.41 Å². The lowest BCUT2D eigenvalue weighted by Crippen LogP contribution is -2.29. The van der Waals surface area contributed by atoms with Gasteiger partial charge in [-0.05, 0) is 29.2 Å². The lowest BCUT2D eigenvalue weighted by molar-refractivity contribution is 0.0943. The summed E-state index contributed by atoms with van der Waals surface area (Å²) in [5.41, 5.74) is 1.13. The molecule has 1 aliphatic rings. The van der Waals surface area contributed by atoms with E-state index in [2.05, 4.69) is 19.2 Å². The van der Waals surface area contributed by atoms with Gasteiger partial charge >= 0.3 is 0 Å². The highest BCUT2D eigenvalue weighted by Gasteiger charge is 2.59. The molecule has 2 atom stereocenters. The number of benzene rings is 2. The molecule has 3 rings (SSSR count). The van der Waals surface area contributed by atoms with Gasteiger partial charge in [-0.15, -0.1) is 0 Å². The Balaban J connectivity index is 1.82. The summed E-state index contributed by atoms with van der Waals surface area (Å²) in [5, 5.41) is 3.38. The highest BCUT2D eigenvalue weighted by atomic mass is 35.5. The molecule has 1 fully saturated rings.